The van der Waals surface area contributed by atoms with E-state index in [1.165, 1.54) is 25.0 Å². The van der Waals surface area contributed by atoms with Gasteiger partial charge in [0.2, 0.25) is 5.91 Å². The van der Waals surface area contributed by atoms with Crippen molar-refractivity contribution in [2.45, 2.75) is 130 Å². The molecule has 7 aliphatic rings. The average Bonchev–Trinajstić information content (AvgIpc) is 3.67. The number of carbonyl (C=O) groups is 1. The van der Waals surface area contributed by atoms with Gasteiger partial charge in [0.05, 0.1) is 37.6 Å². The van der Waals surface area contributed by atoms with Crippen LogP contribution in [0.15, 0.2) is 18.2 Å². The lowest BCUT2D eigenvalue weighted by Crippen LogP contribution is -2.60. The number of aliphatic hydroxyl groups is 1. The van der Waals surface area contributed by atoms with Crippen LogP contribution in [-0.4, -0.2) is 72.9 Å². The molecule has 4 unspecified atom stereocenters. The summed E-state index contributed by atoms with van der Waals surface area (Å²) in [6, 6.07) is 3.64. The maximum atomic E-state index is 13.7. The number of aliphatic hydroxyl groups excluding tert-OH is 1. The zero-order valence-electron chi connectivity index (χ0n) is 30.4. The molecular weight excluding hydrogens is 626 g/mol. The predicted octanol–water partition coefficient (Wildman–Crippen LogP) is 6.46. The number of carbonyl (C=O) groups excluding carboxylic acids is 1. The van der Waals surface area contributed by atoms with Gasteiger partial charge >= 0.3 is 0 Å². The zero-order valence-corrected chi connectivity index (χ0v) is 30.4. The fourth-order valence-electron chi connectivity index (χ4n) is 14.0. The van der Waals surface area contributed by atoms with Crippen molar-refractivity contribution in [3.63, 3.8) is 0 Å². The summed E-state index contributed by atoms with van der Waals surface area (Å²) in [5, 5.41) is 15.9. The Kier molecular flexibility index (Phi) is 8.21. The number of rotatable bonds is 6. The predicted molar refractivity (Wildman–Crippen MR) is 181 cm³/mol. The Morgan fingerprint density at radius 2 is 1.76 bits per heavy atom. The van der Waals surface area contributed by atoms with Gasteiger partial charge in [-0.2, -0.15) is 0 Å². The standard InChI is InChI=1S/C40H58F2N2O5/c1-23-15-28(20-43-19-25-16-26(41)18-27(42)17-25)48-34-33(23)37(5)11-12-40-22-39(40)10-9-31(49-32-21-44(24(2)45)13-14-47-32)36(3,4)29(39)7-8-30(40)38(37,6)35(34)46/h16-18,23,28-35,43,46H,7-15,19-22H2,1-6H3/t23-,28?,29+,30?,31?,32+,33+,34?,35+,37-,38-,39-,40+/m1/s1. The maximum Gasteiger partial charge on any atom is 0.219 e. The first-order valence-electron chi connectivity index (χ1n) is 19.2. The van der Waals surface area contributed by atoms with Crippen LogP contribution in [0, 0.1) is 62.4 Å². The molecule has 49 heavy (non-hydrogen) atoms. The third-order valence-electron chi connectivity index (χ3n) is 16.2. The number of morpholine rings is 1. The quantitative estimate of drug-likeness (QED) is 0.359. The lowest BCUT2D eigenvalue weighted by molar-refractivity contribution is -0.247. The number of hydrogen-bond donors (Lipinski definition) is 2. The topological polar surface area (TPSA) is 80.3 Å². The minimum absolute atomic E-state index is 0.00272. The minimum Gasteiger partial charge on any atom is -0.390 e. The summed E-state index contributed by atoms with van der Waals surface area (Å²) in [7, 11) is 0. The van der Waals surface area contributed by atoms with E-state index in [9.17, 15) is 18.7 Å². The number of hydrogen-bond acceptors (Lipinski definition) is 6. The van der Waals surface area contributed by atoms with Crippen LogP contribution in [-0.2, 0) is 25.5 Å². The number of amides is 1. The Morgan fingerprint density at radius 1 is 1.04 bits per heavy atom. The summed E-state index contributed by atoms with van der Waals surface area (Å²) in [6.07, 6.45) is 7.95. The lowest BCUT2D eigenvalue weighted by Gasteiger charge is -2.64. The number of ether oxygens (including phenoxy) is 3. The maximum absolute atomic E-state index is 13.7. The summed E-state index contributed by atoms with van der Waals surface area (Å²) in [5.41, 5.74) is 0.902. The Bertz CT molecular complexity index is 1460. The van der Waals surface area contributed by atoms with Crippen molar-refractivity contribution >= 4 is 5.91 Å². The number of benzene rings is 1. The van der Waals surface area contributed by atoms with Crippen LogP contribution in [0.4, 0.5) is 8.78 Å². The van der Waals surface area contributed by atoms with Crippen LogP contribution in [0.25, 0.3) is 0 Å². The Morgan fingerprint density at radius 3 is 2.49 bits per heavy atom. The van der Waals surface area contributed by atoms with Gasteiger partial charge in [-0.1, -0.05) is 34.6 Å². The van der Waals surface area contributed by atoms with Crippen LogP contribution in [0.3, 0.4) is 0 Å². The second-order valence-electron chi connectivity index (χ2n) is 18.4. The van der Waals surface area contributed by atoms with E-state index in [0.717, 1.165) is 44.6 Å². The van der Waals surface area contributed by atoms with E-state index in [2.05, 4.69) is 39.9 Å². The third kappa shape index (κ3) is 4.90. The second-order valence-corrected chi connectivity index (χ2v) is 18.4. The number of halogens is 2. The van der Waals surface area contributed by atoms with E-state index in [4.69, 9.17) is 14.2 Å². The van der Waals surface area contributed by atoms with E-state index in [-0.39, 0.29) is 52.2 Å². The summed E-state index contributed by atoms with van der Waals surface area (Å²) in [6.45, 7) is 16.3. The molecule has 8 rings (SSSR count). The van der Waals surface area contributed by atoms with Crippen molar-refractivity contribution in [3.8, 4) is 0 Å². The van der Waals surface area contributed by atoms with Crippen molar-refractivity contribution in [1.29, 1.82) is 0 Å². The first kappa shape index (κ1) is 34.4. The van der Waals surface area contributed by atoms with Gasteiger partial charge < -0.3 is 29.5 Å². The molecule has 7 nitrogen and oxygen atoms in total. The summed E-state index contributed by atoms with van der Waals surface area (Å²) in [5.74, 6) is 0.686. The molecule has 9 heteroatoms. The molecule has 5 saturated carbocycles. The summed E-state index contributed by atoms with van der Waals surface area (Å²) >= 11 is 0. The van der Waals surface area contributed by atoms with Crippen LogP contribution in [0.5, 0.6) is 0 Å². The highest BCUT2D eigenvalue weighted by molar-refractivity contribution is 5.73. The van der Waals surface area contributed by atoms with Crippen LogP contribution in [0.1, 0.15) is 98.5 Å². The monoisotopic (exact) mass is 684 g/mol. The molecular formula is C40H58F2N2O5. The van der Waals surface area contributed by atoms with Gasteiger partial charge in [0.15, 0.2) is 6.29 Å². The van der Waals surface area contributed by atoms with E-state index in [0.29, 0.717) is 67.4 Å². The normalized spacial score (nSPS) is 48.1. The number of fused-ring (bicyclic) bond motifs is 4. The molecule has 2 spiro atoms. The summed E-state index contributed by atoms with van der Waals surface area (Å²) in [4.78, 5) is 13.9. The van der Waals surface area contributed by atoms with Crippen LogP contribution in [0.2, 0.25) is 0 Å². The molecule has 272 valence electrons. The highest BCUT2D eigenvalue weighted by Crippen LogP contribution is 2.89. The molecule has 2 heterocycles. The molecule has 2 aliphatic heterocycles. The van der Waals surface area contributed by atoms with Crippen LogP contribution < -0.4 is 5.32 Å². The van der Waals surface area contributed by atoms with Crippen molar-refractivity contribution in [2.75, 3.05) is 26.2 Å². The van der Waals surface area contributed by atoms with Crippen LogP contribution >= 0.6 is 0 Å². The third-order valence-corrected chi connectivity index (χ3v) is 16.2. The van der Waals surface area contributed by atoms with E-state index < -0.39 is 17.7 Å². The molecule has 2 saturated heterocycles. The highest BCUT2D eigenvalue weighted by atomic mass is 19.1. The Balaban J connectivity index is 0.980. The fraction of sp³-hybridized carbons (Fsp3) is 0.825. The molecule has 1 amide bonds. The van der Waals surface area contributed by atoms with Crippen molar-refractivity contribution in [2.24, 2.45) is 50.7 Å². The van der Waals surface area contributed by atoms with Gasteiger partial charge in [-0.25, -0.2) is 8.78 Å². The van der Waals surface area contributed by atoms with Gasteiger partial charge in [0, 0.05) is 38.0 Å². The summed E-state index contributed by atoms with van der Waals surface area (Å²) < 4.78 is 47.1. The van der Waals surface area contributed by atoms with Gasteiger partial charge in [-0.05, 0) is 114 Å². The van der Waals surface area contributed by atoms with Gasteiger partial charge in [0.1, 0.15) is 11.6 Å². The molecule has 13 atom stereocenters. The molecule has 0 bridgehead atoms. The van der Waals surface area contributed by atoms with E-state index in [1.54, 1.807) is 6.92 Å². The minimum atomic E-state index is -0.564. The first-order chi connectivity index (χ1) is 23.2. The van der Waals surface area contributed by atoms with Gasteiger partial charge in [-0.15, -0.1) is 0 Å². The number of nitrogens with zero attached hydrogens (tertiary/aromatic N) is 1. The SMILES string of the molecule is CC(=O)N1CCO[C@@H](OC2CC[C@]34C[C@]35CC[C@]3(C)[C@@H]6C(OC(CNCc7cc(F)cc(F)c7)C[C@H]6C)[C@H](O)[C@@]3(C)C5CC[C@H]4C2(C)C)C1. The molecule has 1 aromatic rings. The molecule has 2 N–H and O–H groups in total. The van der Waals surface area contributed by atoms with Crippen molar-refractivity contribution in [3.05, 3.63) is 35.4 Å². The molecule has 5 aliphatic carbocycles. The molecule has 7 fully saturated rings. The van der Waals surface area contributed by atoms with Crippen molar-refractivity contribution < 1.29 is 32.9 Å². The molecule has 0 aromatic heterocycles. The van der Waals surface area contributed by atoms with E-state index in [1.807, 2.05) is 4.90 Å². The smallest absolute Gasteiger partial charge is 0.219 e. The second kappa shape index (κ2) is 11.7. The van der Waals surface area contributed by atoms with Crippen molar-refractivity contribution in [1.82, 2.24) is 10.2 Å². The average molecular weight is 685 g/mol. The molecule has 0 radical (unpaired) electrons. The largest absolute Gasteiger partial charge is 0.390 e. The highest BCUT2D eigenvalue weighted by Gasteiger charge is 2.84. The first-order valence-corrected chi connectivity index (χ1v) is 19.2. The lowest BCUT2D eigenvalue weighted by atomic mass is 9.41. The Labute approximate surface area is 291 Å². The van der Waals surface area contributed by atoms with Gasteiger partial charge in [-0.3, -0.25) is 4.79 Å². The Hall–Kier alpha value is -1.65. The zero-order chi connectivity index (χ0) is 34.7. The number of nitrogens with one attached hydrogen (secondary N) is 1. The van der Waals surface area contributed by atoms with E-state index >= 15 is 0 Å². The van der Waals surface area contributed by atoms with Gasteiger partial charge in [0.25, 0.3) is 0 Å². The fourth-order valence-corrected chi connectivity index (χ4v) is 14.0. The molecule has 1 aromatic carbocycles.